The van der Waals surface area contributed by atoms with Gasteiger partial charge in [0.15, 0.2) is 11.6 Å². The molecule has 3 heterocycles. The number of nitrogens with zero attached hydrogens (tertiary/aromatic N) is 4. The lowest BCUT2D eigenvalue weighted by atomic mass is 9.91. The van der Waals surface area contributed by atoms with Crippen molar-refractivity contribution >= 4 is 23.0 Å². The maximum atomic E-state index is 10.4. The molecule has 166 valence electrons. The van der Waals surface area contributed by atoms with Crippen LogP contribution in [0.25, 0.3) is 5.57 Å². The van der Waals surface area contributed by atoms with Gasteiger partial charge in [0.05, 0.1) is 0 Å². The van der Waals surface area contributed by atoms with Gasteiger partial charge in [0.2, 0.25) is 0 Å². The van der Waals surface area contributed by atoms with E-state index in [1.807, 2.05) is 25.3 Å². The number of hydrogen-bond donors (Lipinski definition) is 1. The molecule has 0 saturated carbocycles. The lowest BCUT2D eigenvalue weighted by Crippen LogP contribution is -2.56. The lowest BCUT2D eigenvalue weighted by molar-refractivity contribution is 0.0567. The van der Waals surface area contributed by atoms with Crippen molar-refractivity contribution in [1.82, 2.24) is 14.8 Å². The molecule has 2 unspecified atom stereocenters. The SMILES string of the molecule is C=C(C)c1cnc(N2CCN(C3CCN(Cc4ccc(Cl)cc4)CC3C)CC2)c(O)c1. The Morgan fingerprint density at radius 2 is 1.87 bits per heavy atom. The van der Waals surface area contributed by atoms with Crippen LogP contribution in [0.1, 0.15) is 31.4 Å². The molecule has 2 aliphatic heterocycles. The average Bonchev–Trinajstić information content (AvgIpc) is 2.76. The molecule has 0 spiro atoms. The molecule has 0 aliphatic carbocycles. The number of aromatic nitrogens is 1. The van der Waals surface area contributed by atoms with Gasteiger partial charge in [-0.2, -0.15) is 0 Å². The van der Waals surface area contributed by atoms with Gasteiger partial charge in [0, 0.05) is 56.5 Å². The monoisotopic (exact) mass is 440 g/mol. The molecular weight excluding hydrogens is 408 g/mol. The summed E-state index contributed by atoms with van der Waals surface area (Å²) in [6, 6.07) is 10.6. The first-order valence-corrected chi connectivity index (χ1v) is 11.6. The summed E-state index contributed by atoms with van der Waals surface area (Å²) in [6.07, 6.45) is 3.01. The van der Waals surface area contributed by atoms with E-state index < -0.39 is 0 Å². The van der Waals surface area contributed by atoms with Gasteiger partial charge in [-0.15, -0.1) is 0 Å². The van der Waals surface area contributed by atoms with Crippen LogP contribution in [0, 0.1) is 5.92 Å². The number of rotatable bonds is 5. The molecule has 1 aromatic carbocycles. The Morgan fingerprint density at radius 1 is 1.16 bits per heavy atom. The number of likely N-dealkylation sites (tertiary alicyclic amines) is 1. The number of aromatic hydroxyl groups is 1. The smallest absolute Gasteiger partial charge is 0.171 e. The molecule has 2 aromatic rings. The molecule has 1 aromatic heterocycles. The third-order valence-electron chi connectivity index (χ3n) is 6.69. The molecule has 5 nitrogen and oxygen atoms in total. The van der Waals surface area contributed by atoms with Gasteiger partial charge in [-0.1, -0.05) is 37.2 Å². The van der Waals surface area contributed by atoms with Crippen LogP contribution < -0.4 is 4.90 Å². The molecule has 2 saturated heterocycles. The largest absolute Gasteiger partial charge is 0.504 e. The molecule has 2 atom stereocenters. The maximum Gasteiger partial charge on any atom is 0.171 e. The maximum absolute atomic E-state index is 10.4. The summed E-state index contributed by atoms with van der Waals surface area (Å²) in [6.45, 7) is 15.3. The molecule has 6 heteroatoms. The summed E-state index contributed by atoms with van der Waals surface area (Å²) < 4.78 is 0. The number of pyridine rings is 1. The first kappa shape index (κ1) is 22.1. The van der Waals surface area contributed by atoms with Crippen LogP contribution in [0.5, 0.6) is 5.75 Å². The number of halogens is 1. The Balaban J connectivity index is 1.30. The highest BCUT2D eigenvalue weighted by molar-refractivity contribution is 6.30. The highest BCUT2D eigenvalue weighted by Gasteiger charge is 2.32. The second kappa shape index (κ2) is 9.60. The molecule has 0 bridgehead atoms. The van der Waals surface area contributed by atoms with E-state index in [9.17, 15) is 5.11 Å². The summed E-state index contributed by atoms with van der Waals surface area (Å²) >= 11 is 6.02. The van der Waals surface area contributed by atoms with Crippen LogP contribution in [0.3, 0.4) is 0 Å². The molecule has 2 fully saturated rings. The van der Waals surface area contributed by atoms with E-state index in [0.717, 1.165) is 62.0 Å². The number of piperazine rings is 1. The van der Waals surface area contributed by atoms with Crippen LogP contribution in [-0.4, -0.2) is 65.2 Å². The summed E-state index contributed by atoms with van der Waals surface area (Å²) in [5, 5.41) is 11.2. The van der Waals surface area contributed by atoms with Crippen LogP contribution in [0.4, 0.5) is 5.82 Å². The second-order valence-electron chi connectivity index (χ2n) is 9.06. The van der Waals surface area contributed by atoms with Crippen molar-refractivity contribution in [2.75, 3.05) is 44.2 Å². The third-order valence-corrected chi connectivity index (χ3v) is 6.94. The lowest BCUT2D eigenvalue weighted by Gasteiger charge is -2.46. The first-order chi connectivity index (χ1) is 14.9. The van der Waals surface area contributed by atoms with E-state index in [2.05, 4.69) is 45.3 Å². The number of benzene rings is 1. The summed E-state index contributed by atoms with van der Waals surface area (Å²) in [5.74, 6) is 1.57. The first-order valence-electron chi connectivity index (χ1n) is 11.2. The third kappa shape index (κ3) is 5.22. The van der Waals surface area contributed by atoms with E-state index in [4.69, 9.17) is 11.6 Å². The minimum absolute atomic E-state index is 0.248. The van der Waals surface area contributed by atoms with E-state index in [1.165, 1.54) is 12.0 Å². The second-order valence-corrected chi connectivity index (χ2v) is 9.50. The average molecular weight is 441 g/mol. The molecule has 4 rings (SSSR count). The topological polar surface area (TPSA) is 42.8 Å². The Bertz CT molecular complexity index is 908. The van der Waals surface area contributed by atoms with Crippen LogP contribution in [0.15, 0.2) is 43.1 Å². The van der Waals surface area contributed by atoms with Gasteiger partial charge in [0.1, 0.15) is 0 Å². The zero-order chi connectivity index (χ0) is 22.0. The summed E-state index contributed by atoms with van der Waals surface area (Å²) in [5.41, 5.74) is 3.13. The van der Waals surface area contributed by atoms with Crippen molar-refractivity contribution in [2.24, 2.45) is 5.92 Å². The Labute approximate surface area is 190 Å². The standard InChI is InChI=1S/C25H33ClN4O/c1-18(2)21-14-24(31)25(27-15-21)30-12-10-29(11-13-30)23-8-9-28(16-19(23)3)17-20-4-6-22(26)7-5-20/h4-7,14-15,19,23,31H,1,8-13,16-17H2,2-3H3. The van der Waals surface area contributed by atoms with Gasteiger partial charge >= 0.3 is 0 Å². The molecule has 0 radical (unpaired) electrons. The fourth-order valence-electron chi connectivity index (χ4n) is 4.94. The fourth-order valence-corrected chi connectivity index (χ4v) is 5.07. The Morgan fingerprint density at radius 3 is 2.48 bits per heavy atom. The van der Waals surface area contributed by atoms with Crippen LogP contribution >= 0.6 is 11.6 Å². The Kier molecular flexibility index (Phi) is 6.85. The predicted octanol–water partition coefficient (Wildman–Crippen LogP) is 4.51. The van der Waals surface area contributed by atoms with E-state index in [0.29, 0.717) is 17.8 Å². The zero-order valence-corrected chi connectivity index (χ0v) is 19.4. The van der Waals surface area contributed by atoms with E-state index in [-0.39, 0.29) is 5.75 Å². The van der Waals surface area contributed by atoms with Crippen LogP contribution in [-0.2, 0) is 6.54 Å². The minimum atomic E-state index is 0.248. The van der Waals surface area contributed by atoms with Crippen LogP contribution in [0.2, 0.25) is 5.02 Å². The van der Waals surface area contributed by atoms with Gasteiger partial charge in [-0.25, -0.2) is 4.98 Å². The quantitative estimate of drug-likeness (QED) is 0.741. The number of hydrogen-bond acceptors (Lipinski definition) is 5. The highest BCUT2D eigenvalue weighted by atomic mass is 35.5. The van der Waals surface area contributed by atoms with Gasteiger partial charge in [-0.05, 0) is 60.7 Å². The van der Waals surface area contributed by atoms with Crippen molar-refractivity contribution in [1.29, 1.82) is 0 Å². The van der Waals surface area contributed by atoms with E-state index >= 15 is 0 Å². The van der Waals surface area contributed by atoms with Crippen molar-refractivity contribution < 1.29 is 5.11 Å². The van der Waals surface area contributed by atoms with Crippen molar-refractivity contribution in [3.63, 3.8) is 0 Å². The minimum Gasteiger partial charge on any atom is -0.504 e. The highest BCUT2D eigenvalue weighted by Crippen LogP contribution is 2.30. The van der Waals surface area contributed by atoms with Crippen molar-refractivity contribution in [3.05, 3.63) is 59.3 Å². The number of anilines is 1. The Hall–Kier alpha value is -2.08. The number of allylic oxidation sites excluding steroid dienone is 1. The van der Waals surface area contributed by atoms with Crippen molar-refractivity contribution in [2.45, 2.75) is 32.9 Å². The molecule has 0 amide bonds. The molecule has 2 aliphatic rings. The van der Waals surface area contributed by atoms with Gasteiger partial charge in [-0.3, -0.25) is 9.80 Å². The van der Waals surface area contributed by atoms with E-state index in [1.54, 1.807) is 6.07 Å². The number of piperidine rings is 1. The normalized spacial score (nSPS) is 23.1. The fraction of sp³-hybridized carbons (Fsp3) is 0.480. The van der Waals surface area contributed by atoms with Gasteiger partial charge < -0.3 is 10.0 Å². The molecule has 31 heavy (non-hydrogen) atoms. The van der Waals surface area contributed by atoms with Gasteiger partial charge in [0.25, 0.3) is 0 Å². The molecular formula is C25H33ClN4O. The van der Waals surface area contributed by atoms with Crippen molar-refractivity contribution in [3.8, 4) is 5.75 Å². The zero-order valence-electron chi connectivity index (χ0n) is 18.6. The summed E-state index contributed by atoms with van der Waals surface area (Å²) in [7, 11) is 0. The molecule has 1 N–H and O–H groups in total. The predicted molar refractivity (Wildman–Crippen MR) is 129 cm³/mol. The summed E-state index contributed by atoms with van der Waals surface area (Å²) in [4.78, 5) is 11.9.